The minimum atomic E-state index is -0.0523. The molecule has 0 bridgehead atoms. The number of carbonyl (C=O) groups is 1. The summed E-state index contributed by atoms with van der Waals surface area (Å²) in [4.78, 5) is 12.1. The van der Waals surface area contributed by atoms with Crippen molar-refractivity contribution in [1.82, 2.24) is 0 Å². The molecule has 0 aromatic heterocycles. The second-order valence-electron chi connectivity index (χ2n) is 3.80. The maximum Gasteiger partial charge on any atom is 0.193 e. The highest BCUT2D eigenvalue weighted by Crippen LogP contribution is 2.19. The maximum atomic E-state index is 12.1. The number of carbonyl (C=O) groups excluding carboxylic acids is 1. The summed E-state index contributed by atoms with van der Waals surface area (Å²) in [6.07, 6.45) is 0. The lowest BCUT2D eigenvalue weighted by molar-refractivity contribution is 0.103. The number of ketones is 1. The summed E-state index contributed by atoms with van der Waals surface area (Å²) in [7, 11) is 0. The molecule has 0 aliphatic heterocycles. The summed E-state index contributed by atoms with van der Waals surface area (Å²) in [5.74, 6) is -0.0523. The minimum Gasteiger partial charge on any atom is -0.289 e. The SMILES string of the molecule is Cc1ccc(C(=O)c2ccc(Cl)cc2)cc1Cl. The molecule has 3 heteroatoms. The Kier molecular flexibility index (Phi) is 3.51. The van der Waals surface area contributed by atoms with Gasteiger partial charge in [-0.25, -0.2) is 0 Å². The van der Waals surface area contributed by atoms with E-state index >= 15 is 0 Å². The Balaban J connectivity index is 2.37. The van der Waals surface area contributed by atoms with Crippen molar-refractivity contribution in [3.63, 3.8) is 0 Å². The largest absolute Gasteiger partial charge is 0.289 e. The van der Waals surface area contributed by atoms with Crippen molar-refractivity contribution in [3.05, 3.63) is 69.2 Å². The summed E-state index contributed by atoms with van der Waals surface area (Å²) in [5.41, 5.74) is 2.15. The molecule has 0 unspecified atom stereocenters. The molecule has 0 saturated carbocycles. The Labute approximate surface area is 110 Å². The van der Waals surface area contributed by atoms with Gasteiger partial charge >= 0.3 is 0 Å². The topological polar surface area (TPSA) is 17.1 Å². The van der Waals surface area contributed by atoms with E-state index in [1.807, 2.05) is 13.0 Å². The number of hydrogen-bond donors (Lipinski definition) is 0. The molecule has 17 heavy (non-hydrogen) atoms. The van der Waals surface area contributed by atoms with E-state index in [1.165, 1.54) is 0 Å². The predicted molar refractivity (Wildman–Crippen MR) is 71.1 cm³/mol. The number of benzene rings is 2. The van der Waals surface area contributed by atoms with Gasteiger partial charge in [-0.3, -0.25) is 4.79 Å². The zero-order valence-corrected chi connectivity index (χ0v) is 10.7. The molecule has 0 fully saturated rings. The molecule has 1 nitrogen and oxygen atoms in total. The van der Waals surface area contributed by atoms with Gasteiger partial charge in [0.05, 0.1) is 0 Å². The van der Waals surface area contributed by atoms with Gasteiger partial charge in [-0.2, -0.15) is 0 Å². The Morgan fingerprint density at radius 2 is 1.53 bits per heavy atom. The molecule has 2 rings (SSSR count). The molecule has 2 aromatic rings. The lowest BCUT2D eigenvalue weighted by Crippen LogP contribution is -2.01. The van der Waals surface area contributed by atoms with Crippen LogP contribution in [0.25, 0.3) is 0 Å². The Hall–Kier alpha value is -1.31. The second-order valence-corrected chi connectivity index (χ2v) is 4.64. The van der Waals surface area contributed by atoms with E-state index in [4.69, 9.17) is 23.2 Å². The molecule has 0 aliphatic rings. The summed E-state index contributed by atoms with van der Waals surface area (Å²) < 4.78 is 0. The van der Waals surface area contributed by atoms with Crippen LogP contribution in [-0.2, 0) is 0 Å². The average molecular weight is 265 g/mol. The van der Waals surface area contributed by atoms with Crippen LogP contribution >= 0.6 is 23.2 Å². The van der Waals surface area contributed by atoms with Crippen LogP contribution in [-0.4, -0.2) is 5.78 Å². The predicted octanol–water partition coefficient (Wildman–Crippen LogP) is 4.53. The van der Waals surface area contributed by atoms with Crippen molar-refractivity contribution >= 4 is 29.0 Å². The molecule has 0 saturated heterocycles. The van der Waals surface area contributed by atoms with Crippen LogP contribution in [0.5, 0.6) is 0 Å². The zero-order valence-electron chi connectivity index (χ0n) is 9.21. The van der Waals surface area contributed by atoms with Crippen LogP contribution in [0.2, 0.25) is 10.0 Å². The van der Waals surface area contributed by atoms with E-state index in [1.54, 1.807) is 36.4 Å². The second kappa shape index (κ2) is 4.91. The highest BCUT2D eigenvalue weighted by atomic mass is 35.5. The van der Waals surface area contributed by atoms with Gasteiger partial charge < -0.3 is 0 Å². The van der Waals surface area contributed by atoms with Gasteiger partial charge in [-0.05, 0) is 42.8 Å². The third-order valence-electron chi connectivity index (χ3n) is 2.54. The Morgan fingerprint density at radius 3 is 2.12 bits per heavy atom. The van der Waals surface area contributed by atoms with Gasteiger partial charge in [0.15, 0.2) is 5.78 Å². The molecular weight excluding hydrogens is 255 g/mol. The summed E-state index contributed by atoms with van der Waals surface area (Å²) in [6.45, 7) is 1.90. The molecule has 0 amide bonds. The normalized spacial score (nSPS) is 10.3. The maximum absolute atomic E-state index is 12.1. The van der Waals surface area contributed by atoms with Gasteiger partial charge in [-0.15, -0.1) is 0 Å². The Morgan fingerprint density at radius 1 is 0.941 bits per heavy atom. The summed E-state index contributed by atoms with van der Waals surface area (Å²) in [6, 6.07) is 12.1. The minimum absolute atomic E-state index is 0.0523. The first-order chi connectivity index (χ1) is 8.08. The molecule has 0 radical (unpaired) electrons. The van der Waals surface area contributed by atoms with Gasteiger partial charge in [0.25, 0.3) is 0 Å². The zero-order chi connectivity index (χ0) is 12.4. The fourth-order valence-electron chi connectivity index (χ4n) is 1.50. The smallest absolute Gasteiger partial charge is 0.193 e. The lowest BCUT2D eigenvalue weighted by Gasteiger charge is -2.03. The van der Waals surface area contributed by atoms with Gasteiger partial charge in [0.1, 0.15) is 0 Å². The van der Waals surface area contributed by atoms with Crippen LogP contribution in [0.15, 0.2) is 42.5 Å². The Bertz CT molecular complexity index is 559. The first-order valence-electron chi connectivity index (χ1n) is 5.14. The monoisotopic (exact) mass is 264 g/mol. The van der Waals surface area contributed by atoms with E-state index in [-0.39, 0.29) is 5.78 Å². The highest BCUT2D eigenvalue weighted by molar-refractivity contribution is 6.32. The number of hydrogen-bond acceptors (Lipinski definition) is 1. The molecular formula is C14H10Cl2O. The van der Waals surface area contributed by atoms with Crippen LogP contribution in [0, 0.1) is 6.92 Å². The third-order valence-corrected chi connectivity index (χ3v) is 3.20. The van der Waals surface area contributed by atoms with E-state index in [2.05, 4.69) is 0 Å². The molecule has 0 atom stereocenters. The summed E-state index contributed by atoms with van der Waals surface area (Å²) >= 11 is 11.8. The fourth-order valence-corrected chi connectivity index (χ4v) is 1.81. The van der Waals surface area contributed by atoms with Crippen LogP contribution < -0.4 is 0 Å². The highest BCUT2D eigenvalue weighted by Gasteiger charge is 2.09. The fraction of sp³-hybridized carbons (Fsp3) is 0.0714. The number of aryl methyl sites for hydroxylation is 1. The van der Waals surface area contributed by atoms with E-state index in [0.717, 1.165) is 5.56 Å². The molecule has 0 spiro atoms. The van der Waals surface area contributed by atoms with Crippen LogP contribution in [0.3, 0.4) is 0 Å². The molecule has 0 aliphatic carbocycles. The van der Waals surface area contributed by atoms with Gasteiger partial charge in [0, 0.05) is 21.2 Å². The lowest BCUT2D eigenvalue weighted by atomic mass is 10.0. The van der Waals surface area contributed by atoms with E-state index < -0.39 is 0 Å². The first-order valence-corrected chi connectivity index (χ1v) is 5.90. The van der Waals surface area contributed by atoms with Crippen molar-refractivity contribution in [2.24, 2.45) is 0 Å². The van der Waals surface area contributed by atoms with Crippen LogP contribution in [0.1, 0.15) is 21.5 Å². The average Bonchev–Trinajstić information content (AvgIpc) is 2.33. The van der Waals surface area contributed by atoms with Gasteiger partial charge in [-0.1, -0.05) is 35.3 Å². The van der Waals surface area contributed by atoms with Crippen molar-refractivity contribution in [2.45, 2.75) is 6.92 Å². The van der Waals surface area contributed by atoms with Crippen LogP contribution in [0.4, 0.5) is 0 Å². The summed E-state index contributed by atoms with van der Waals surface area (Å²) in [5, 5.41) is 1.22. The molecule has 86 valence electrons. The first kappa shape index (κ1) is 12.2. The number of halogens is 2. The van der Waals surface area contributed by atoms with Crippen molar-refractivity contribution in [2.75, 3.05) is 0 Å². The number of rotatable bonds is 2. The standard InChI is InChI=1S/C14H10Cl2O/c1-9-2-3-11(8-13(9)16)14(17)10-4-6-12(15)7-5-10/h2-8H,1H3. The quantitative estimate of drug-likeness (QED) is 0.729. The van der Waals surface area contributed by atoms with E-state index in [0.29, 0.717) is 21.2 Å². The molecule has 2 aromatic carbocycles. The molecule has 0 heterocycles. The van der Waals surface area contributed by atoms with Crippen molar-refractivity contribution in [1.29, 1.82) is 0 Å². The molecule has 0 N–H and O–H groups in total. The van der Waals surface area contributed by atoms with Gasteiger partial charge in [0.2, 0.25) is 0 Å². The third kappa shape index (κ3) is 2.68. The van der Waals surface area contributed by atoms with Crippen molar-refractivity contribution in [3.8, 4) is 0 Å². The van der Waals surface area contributed by atoms with E-state index in [9.17, 15) is 4.79 Å². The van der Waals surface area contributed by atoms with Crippen molar-refractivity contribution < 1.29 is 4.79 Å².